The lowest BCUT2D eigenvalue weighted by Crippen LogP contribution is -2.37. The quantitative estimate of drug-likeness (QED) is 0.328. The van der Waals surface area contributed by atoms with Gasteiger partial charge in [0.2, 0.25) is 5.91 Å². The lowest BCUT2D eigenvalue weighted by atomic mass is 10.0. The third kappa shape index (κ3) is 12.4. The van der Waals surface area contributed by atoms with Gasteiger partial charge in [0.05, 0.1) is 0 Å². The van der Waals surface area contributed by atoms with Crippen LogP contribution in [-0.4, -0.2) is 48.0 Å². The Morgan fingerprint density at radius 2 is 1.39 bits per heavy atom. The van der Waals surface area contributed by atoms with Gasteiger partial charge in [0.15, 0.2) is 0 Å². The van der Waals surface area contributed by atoms with E-state index in [1.54, 1.807) is 0 Å². The van der Waals surface area contributed by atoms with Crippen LogP contribution in [0.3, 0.4) is 0 Å². The predicted octanol–water partition coefficient (Wildman–Crippen LogP) is 6.17. The zero-order chi connectivity index (χ0) is 19.7. The molecule has 3 nitrogen and oxygen atoms in total. The van der Waals surface area contributed by atoms with E-state index < -0.39 is 0 Å². The van der Waals surface area contributed by atoms with Crippen molar-refractivity contribution in [3.63, 3.8) is 0 Å². The highest BCUT2D eigenvalue weighted by atomic mass is 32.2. The van der Waals surface area contributed by atoms with Crippen molar-refractivity contribution in [3.05, 3.63) is 0 Å². The number of carbonyl (C=O) groups excluding carboxylic acids is 1. The third-order valence-electron chi connectivity index (χ3n) is 6.40. The molecular formula is C24H46N2OS. The van der Waals surface area contributed by atoms with Crippen molar-refractivity contribution in [2.75, 3.05) is 31.9 Å². The highest BCUT2D eigenvalue weighted by Gasteiger charge is 2.13. The van der Waals surface area contributed by atoms with E-state index in [1.165, 1.54) is 115 Å². The van der Waals surface area contributed by atoms with Crippen LogP contribution in [0, 0.1) is 0 Å². The van der Waals surface area contributed by atoms with E-state index >= 15 is 0 Å². The van der Waals surface area contributed by atoms with Crippen LogP contribution in [0.15, 0.2) is 0 Å². The van der Waals surface area contributed by atoms with Gasteiger partial charge < -0.3 is 10.2 Å². The fraction of sp³-hybridized carbons (Fsp3) is 0.958. The summed E-state index contributed by atoms with van der Waals surface area (Å²) in [6, 6.07) is 0. The number of likely N-dealkylation sites (tertiary alicyclic amines) is 1. The SMILES string of the molecule is O=C(CCCCCCCCCCSC1CCCCC1)NCCN1CCCCC1. The average Bonchev–Trinajstić information content (AvgIpc) is 2.73. The van der Waals surface area contributed by atoms with Gasteiger partial charge in [-0.05, 0) is 57.4 Å². The molecule has 4 heteroatoms. The standard InChI is InChI=1S/C24H46N2OS/c27-24(25-18-21-26-19-12-8-13-20-26)17-11-5-3-1-2-4-6-14-22-28-23-15-9-7-10-16-23/h23H,1-22H2,(H,25,27). The number of nitrogens with zero attached hydrogens (tertiary/aromatic N) is 1. The van der Waals surface area contributed by atoms with Gasteiger partial charge >= 0.3 is 0 Å². The van der Waals surface area contributed by atoms with Gasteiger partial charge in [0.1, 0.15) is 0 Å². The van der Waals surface area contributed by atoms with E-state index in [1.807, 2.05) is 0 Å². The van der Waals surface area contributed by atoms with Crippen LogP contribution in [0.4, 0.5) is 0 Å². The second-order valence-corrected chi connectivity index (χ2v) is 10.4. The fourth-order valence-electron chi connectivity index (χ4n) is 4.55. The molecular weight excluding hydrogens is 364 g/mol. The Bertz CT molecular complexity index is 379. The van der Waals surface area contributed by atoms with Crippen LogP contribution in [0.2, 0.25) is 0 Å². The van der Waals surface area contributed by atoms with Crippen molar-refractivity contribution in [3.8, 4) is 0 Å². The molecule has 2 aliphatic rings. The Hall–Kier alpha value is -0.220. The number of nitrogens with one attached hydrogen (secondary N) is 1. The molecule has 0 aromatic carbocycles. The summed E-state index contributed by atoms with van der Waals surface area (Å²) < 4.78 is 0. The number of rotatable bonds is 15. The maximum atomic E-state index is 11.9. The maximum Gasteiger partial charge on any atom is 0.220 e. The number of thioether (sulfide) groups is 1. The van der Waals surface area contributed by atoms with Crippen LogP contribution >= 0.6 is 11.8 Å². The zero-order valence-electron chi connectivity index (χ0n) is 18.4. The molecule has 0 atom stereocenters. The maximum absolute atomic E-state index is 11.9. The number of hydrogen-bond donors (Lipinski definition) is 1. The Balaban J connectivity index is 1.27. The highest BCUT2D eigenvalue weighted by molar-refractivity contribution is 7.99. The molecule has 28 heavy (non-hydrogen) atoms. The summed E-state index contributed by atoms with van der Waals surface area (Å²) in [5, 5.41) is 4.08. The first-order valence-corrected chi connectivity index (χ1v) is 13.5. The molecule has 1 saturated carbocycles. The van der Waals surface area contributed by atoms with E-state index in [9.17, 15) is 4.79 Å². The van der Waals surface area contributed by atoms with Gasteiger partial charge in [0, 0.05) is 24.8 Å². The first-order chi connectivity index (χ1) is 13.8. The predicted molar refractivity (Wildman–Crippen MR) is 124 cm³/mol. The molecule has 0 spiro atoms. The monoisotopic (exact) mass is 410 g/mol. The van der Waals surface area contributed by atoms with Crippen LogP contribution in [0.1, 0.15) is 109 Å². The number of amides is 1. The molecule has 0 aromatic rings. The van der Waals surface area contributed by atoms with Gasteiger partial charge in [-0.2, -0.15) is 11.8 Å². The second-order valence-electron chi connectivity index (χ2n) is 8.96. The molecule has 164 valence electrons. The van der Waals surface area contributed by atoms with Crippen molar-refractivity contribution in [1.82, 2.24) is 10.2 Å². The molecule has 1 N–H and O–H groups in total. The molecule has 2 rings (SSSR count). The van der Waals surface area contributed by atoms with Gasteiger partial charge in [0.25, 0.3) is 0 Å². The number of hydrogen-bond acceptors (Lipinski definition) is 3. The molecule has 1 saturated heterocycles. The Morgan fingerprint density at radius 1 is 0.786 bits per heavy atom. The normalized spacial score (nSPS) is 19.0. The largest absolute Gasteiger partial charge is 0.355 e. The van der Waals surface area contributed by atoms with E-state index in [0.29, 0.717) is 0 Å². The summed E-state index contributed by atoms with van der Waals surface area (Å²) in [5.74, 6) is 1.64. The number of unbranched alkanes of at least 4 members (excludes halogenated alkanes) is 7. The second kappa shape index (κ2) is 16.6. The first-order valence-electron chi connectivity index (χ1n) is 12.5. The van der Waals surface area contributed by atoms with Crippen LogP contribution < -0.4 is 5.32 Å². The molecule has 0 radical (unpaired) electrons. The fourth-order valence-corrected chi connectivity index (χ4v) is 5.93. The number of carbonyl (C=O) groups is 1. The summed E-state index contributed by atoms with van der Waals surface area (Å²) in [7, 11) is 0. The first kappa shape index (κ1) is 24.1. The summed E-state index contributed by atoms with van der Waals surface area (Å²) in [4.78, 5) is 14.4. The van der Waals surface area contributed by atoms with Crippen LogP contribution in [-0.2, 0) is 4.79 Å². The molecule has 0 bridgehead atoms. The minimum absolute atomic E-state index is 0.257. The van der Waals surface area contributed by atoms with Crippen molar-refractivity contribution in [2.24, 2.45) is 0 Å². The Kier molecular flexibility index (Phi) is 14.2. The third-order valence-corrected chi connectivity index (χ3v) is 7.87. The van der Waals surface area contributed by atoms with E-state index in [0.717, 1.165) is 31.2 Å². The van der Waals surface area contributed by atoms with Crippen LogP contribution in [0.25, 0.3) is 0 Å². The number of piperidine rings is 1. The lowest BCUT2D eigenvalue weighted by Gasteiger charge is -2.26. The molecule has 1 amide bonds. The smallest absolute Gasteiger partial charge is 0.220 e. The molecule has 0 aromatic heterocycles. The molecule has 1 aliphatic heterocycles. The molecule has 2 fully saturated rings. The van der Waals surface area contributed by atoms with E-state index in [4.69, 9.17) is 0 Å². The van der Waals surface area contributed by atoms with Gasteiger partial charge in [-0.25, -0.2) is 0 Å². The molecule has 1 aliphatic carbocycles. The summed E-state index contributed by atoms with van der Waals surface area (Å²) in [6.07, 6.45) is 22.7. The van der Waals surface area contributed by atoms with Gasteiger partial charge in [-0.3, -0.25) is 4.79 Å². The van der Waals surface area contributed by atoms with E-state index in [2.05, 4.69) is 22.0 Å². The van der Waals surface area contributed by atoms with Crippen molar-refractivity contribution in [2.45, 2.75) is 114 Å². The Labute approximate surface area is 179 Å². The van der Waals surface area contributed by atoms with Crippen LogP contribution in [0.5, 0.6) is 0 Å². The minimum atomic E-state index is 0.257. The summed E-state index contributed by atoms with van der Waals surface area (Å²) in [5.41, 5.74) is 0. The van der Waals surface area contributed by atoms with Gasteiger partial charge in [-0.15, -0.1) is 0 Å². The Morgan fingerprint density at radius 3 is 2.11 bits per heavy atom. The summed E-state index contributed by atoms with van der Waals surface area (Å²) >= 11 is 2.25. The van der Waals surface area contributed by atoms with E-state index in [-0.39, 0.29) is 5.91 Å². The minimum Gasteiger partial charge on any atom is -0.355 e. The lowest BCUT2D eigenvalue weighted by molar-refractivity contribution is -0.121. The van der Waals surface area contributed by atoms with Crippen molar-refractivity contribution < 1.29 is 4.79 Å². The zero-order valence-corrected chi connectivity index (χ0v) is 19.2. The highest BCUT2D eigenvalue weighted by Crippen LogP contribution is 2.28. The summed E-state index contributed by atoms with van der Waals surface area (Å²) in [6.45, 7) is 4.30. The van der Waals surface area contributed by atoms with Gasteiger partial charge in [-0.1, -0.05) is 64.2 Å². The molecule has 0 unspecified atom stereocenters. The molecule has 1 heterocycles. The average molecular weight is 411 g/mol. The van der Waals surface area contributed by atoms with Crippen molar-refractivity contribution >= 4 is 17.7 Å². The topological polar surface area (TPSA) is 32.3 Å². The van der Waals surface area contributed by atoms with Crippen molar-refractivity contribution in [1.29, 1.82) is 0 Å².